The van der Waals surface area contributed by atoms with Crippen LogP contribution >= 0.6 is 0 Å². The minimum atomic E-state index is -4.48. The van der Waals surface area contributed by atoms with Crippen LogP contribution in [0.2, 0.25) is 0 Å². The van der Waals surface area contributed by atoms with Gasteiger partial charge >= 0.3 is 11.9 Å². The largest absolute Gasteiger partial charge is 0.416 e. The van der Waals surface area contributed by atoms with E-state index < -0.39 is 23.2 Å². The first-order valence-electron chi connectivity index (χ1n) is 6.39. The van der Waals surface area contributed by atoms with Crippen LogP contribution in [-0.2, 0) is 12.7 Å². The molecule has 0 aliphatic rings. The number of rotatable bonds is 2. The lowest BCUT2D eigenvalue weighted by atomic mass is 10.2. The van der Waals surface area contributed by atoms with E-state index in [0.717, 1.165) is 12.1 Å². The van der Waals surface area contributed by atoms with Crippen LogP contribution < -0.4 is 5.69 Å². The third-order valence-electron chi connectivity index (χ3n) is 3.33. The summed E-state index contributed by atoms with van der Waals surface area (Å²) in [6.07, 6.45) is -4.48. The molecule has 1 heterocycles. The van der Waals surface area contributed by atoms with E-state index in [2.05, 4.69) is 4.98 Å². The average molecular weight is 310 g/mol. The number of H-pyrrole nitrogens is 1. The molecule has 3 rings (SSSR count). The van der Waals surface area contributed by atoms with Crippen molar-refractivity contribution in [1.82, 2.24) is 9.55 Å². The van der Waals surface area contributed by atoms with Crippen molar-refractivity contribution in [3.05, 3.63) is 69.9 Å². The van der Waals surface area contributed by atoms with E-state index in [0.29, 0.717) is 11.1 Å². The molecule has 3 aromatic rings. The molecule has 0 bridgehead atoms. The molecule has 1 aromatic heterocycles. The Morgan fingerprint density at radius 2 is 1.86 bits per heavy atom. The maximum absolute atomic E-state index is 13.2. The normalized spacial score (nSPS) is 12.0. The van der Waals surface area contributed by atoms with Gasteiger partial charge in [0.1, 0.15) is 5.82 Å². The van der Waals surface area contributed by atoms with Gasteiger partial charge < -0.3 is 4.98 Å². The van der Waals surface area contributed by atoms with Gasteiger partial charge in [0.2, 0.25) is 0 Å². The van der Waals surface area contributed by atoms with Crippen LogP contribution in [0, 0.1) is 5.82 Å². The molecule has 3 nitrogen and oxygen atoms in total. The van der Waals surface area contributed by atoms with Gasteiger partial charge in [-0.1, -0.05) is 12.1 Å². The second kappa shape index (κ2) is 5.01. The lowest BCUT2D eigenvalue weighted by molar-refractivity contribution is -0.137. The van der Waals surface area contributed by atoms with E-state index in [1.165, 1.54) is 28.8 Å². The fraction of sp³-hybridized carbons (Fsp3) is 0.133. The van der Waals surface area contributed by atoms with E-state index in [1.54, 1.807) is 6.07 Å². The number of aromatic amines is 1. The van der Waals surface area contributed by atoms with Crippen LogP contribution in [0.5, 0.6) is 0 Å². The van der Waals surface area contributed by atoms with Crippen molar-refractivity contribution in [3.8, 4) is 0 Å². The third kappa shape index (κ3) is 2.61. The van der Waals surface area contributed by atoms with Crippen LogP contribution in [0.3, 0.4) is 0 Å². The molecule has 0 amide bonds. The highest BCUT2D eigenvalue weighted by atomic mass is 19.4. The van der Waals surface area contributed by atoms with E-state index in [4.69, 9.17) is 0 Å². The number of nitrogens with zero attached hydrogens (tertiary/aromatic N) is 1. The molecule has 0 spiro atoms. The van der Waals surface area contributed by atoms with E-state index in [9.17, 15) is 22.4 Å². The number of halogens is 4. The molecule has 1 N–H and O–H groups in total. The van der Waals surface area contributed by atoms with Crippen molar-refractivity contribution in [2.75, 3.05) is 0 Å². The monoisotopic (exact) mass is 310 g/mol. The summed E-state index contributed by atoms with van der Waals surface area (Å²) in [6.45, 7) is 0.0714. The molecule has 22 heavy (non-hydrogen) atoms. The minimum absolute atomic E-state index is 0.0714. The molecule has 2 aromatic carbocycles. The number of alkyl halides is 3. The predicted molar refractivity (Wildman–Crippen MR) is 73.1 cm³/mol. The van der Waals surface area contributed by atoms with Crippen LogP contribution in [-0.4, -0.2) is 9.55 Å². The van der Waals surface area contributed by atoms with Gasteiger partial charge in [-0.25, -0.2) is 9.18 Å². The molecule has 0 aliphatic heterocycles. The highest BCUT2D eigenvalue weighted by Gasteiger charge is 2.30. The summed E-state index contributed by atoms with van der Waals surface area (Å²) >= 11 is 0. The molecule has 0 radical (unpaired) electrons. The Bertz CT molecular complexity index is 892. The molecule has 0 aliphatic carbocycles. The summed E-state index contributed by atoms with van der Waals surface area (Å²) in [7, 11) is 0. The summed E-state index contributed by atoms with van der Waals surface area (Å²) in [6, 6.07) is 8.73. The first kappa shape index (κ1) is 14.4. The lowest BCUT2D eigenvalue weighted by Gasteiger charge is -2.07. The fourth-order valence-electron chi connectivity index (χ4n) is 2.31. The van der Waals surface area contributed by atoms with Crippen molar-refractivity contribution in [1.29, 1.82) is 0 Å². The summed E-state index contributed by atoms with van der Waals surface area (Å²) in [5, 5.41) is 0. The van der Waals surface area contributed by atoms with Gasteiger partial charge in [-0.2, -0.15) is 13.2 Å². The van der Waals surface area contributed by atoms with Crippen LogP contribution in [0.1, 0.15) is 11.1 Å². The number of nitrogens with one attached hydrogen (secondary N) is 1. The highest BCUT2D eigenvalue weighted by molar-refractivity contribution is 5.76. The quantitative estimate of drug-likeness (QED) is 0.722. The first-order valence-corrected chi connectivity index (χ1v) is 6.39. The minimum Gasteiger partial charge on any atom is -0.306 e. The van der Waals surface area contributed by atoms with Crippen LogP contribution in [0.4, 0.5) is 17.6 Å². The summed E-state index contributed by atoms with van der Waals surface area (Å²) in [5.74, 6) is -0.440. The number of imidazole rings is 1. The molecule has 7 heteroatoms. The maximum atomic E-state index is 13.2. The summed E-state index contributed by atoms with van der Waals surface area (Å²) < 4.78 is 52.5. The van der Waals surface area contributed by atoms with Gasteiger partial charge in [-0.05, 0) is 35.9 Å². The highest BCUT2D eigenvalue weighted by Crippen LogP contribution is 2.30. The molecule has 0 saturated heterocycles. The second-order valence-corrected chi connectivity index (χ2v) is 4.88. The predicted octanol–water partition coefficient (Wildman–Crippen LogP) is 3.54. The number of fused-ring (bicyclic) bond motifs is 1. The lowest BCUT2D eigenvalue weighted by Crippen LogP contribution is -2.17. The Morgan fingerprint density at radius 1 is 1.09 bits per heavy atom. The summed E-state index contributed by atoms with van der Waals surface area (Å²) in [5.41, 5.74) is -0.404. The van der Waals surface area contributed by atoms with E-state index in [-0.39, 0.29) is 12.1 Å². The van der Waals surface area contributed by atoms with Gasteiger partial charge in [0.05, 0.1) is 23.1 Å². The topological polar surface area (TPSA) is 37.8 Å². The SMILES string of the molecule is O=c1[nH]c2cc(C(F)(F)F)ccc2n1Cc1cccc(F)c1. The number of aromatic nitrogens is 2. The maximum Gasteiger partial charge on any atom is 0.416 e. The fourth-order valence-corrected chi connectivity index (χ4v) is 2.31. The Kier molecular flexibility index (Phi) is 3.27. The Labute approximate surface area is 121 Å². The van der Waals surface area contributed by atoms with Gasteiger partial charge in [0.25, 0.3) is 0 Å². The van der Waals surface area contributed by atoms with Crippen molar-refractivity contribution >= 4 is 11.0 Å². The Hall–Kier alpha value is -2.57. The average Bonchev–Trinajstić information content (AvgIpc) is 2.73. The van der Waals surface area contributed by atoms with E-state index >= 15 is 0 Å². The Morgan fingerprint density at radius 3 is 2.55 bits per heavy atom. The summed E-state index contributed by atoms with van der Waals surface area (Å²) in [4.78, 5) is 14.3. The van der Waals surface area contributed by atoms with Crippen molar-refractivity contribution in [2.45, 2.75) is 12.7 Å². The number of benzene rings is 2. The molecule has 0 atom stereocenters. The standard InChI is InChI=1S/C15H10F4N2O/c16-11-3-1-2-9(6-11)8-21-13-5-4-10(15(17,18)19)7-12(13)20-14(21)22/h1-7H,8H2,(H,20,22). The van der Waals surface area contributed by atoms with Crippen molar-refractivity contribution < 1.29 is 17.6 Å². The Balaban J connectivity index is 2.07. The zero-order valence-corrected chi connectivity index (χ0v) is 11.1. The van der Waals surface area contributed by atoms with E-state index in [1.807, 2.05) is 0 Å². The molecule has 0 saturated carbocycles. The molecular weight excluding hydrogens is 300 g/mol. The number of hydrogen-bond donors (Lipinski definition) is 1. The van der Waals surface area contributed by atoms with Gasteiger partial charge in [-0.15, -0.1) is 0 Å². The number of hydrogen-bond acceptors (Lipinski definition) is 1. The van der Waals surface area contributed by atoms with Crippen LogP contribution in [0.25, 0.3) is 11.0 Å². The van der Waals surface area contributed by atoms with Gasteiger partial charge in [0, 0.05) is 0 Å². The molecule has 114 valence electrons. The van der Waals surface area contributed by atoms with Crippen molar-refractivity contribution in [2.24, 2.45) is 0 Å². The zero-order chi connectivity index (χ0) is 15.9. The van der Waals surface area contributed by atoms with Crippen LogP contribution in [0.15, 0.2) is 47.3 Å². The van der Waals surface area contributed by atoms with Crippen molar-refractivity contribution in [3.63, 3.8) is 0 Å². The molecule has 0 unspecified atom stereocenters. The first-order chi connectivity index (χ1) is 10.3. The zero-order valence-electron chi connectivity index (χ0n) is 11.1. The molecular formula is C15H10F4N2O. The van der Waals surface area contributed by atoms with Gasteiger partial charge in [0.15, 0.2) is 0 Å². The van der Waals surface area contributed by atoms with Gasteiger partial charge in [-0.3, -0.25) is 4.57 Å². The molecule has 0 fully saturated rings. The third-order valence-corrected chi connectivity index (χ3v) is 3.33. The smallest absolute Gasteiger partial charge is 0.306 e. The second-order valence-electron chi connectivity index (χ2n) is 4.88.